The Morgan fingerprint density at radius 1 is 1.53 bits per heavy atom. The van der Waals surface area contributed by atoms with E-state index in [1.807, 2.05) is 19.1 Å². The lowest BCUT2D eigenvalue weighted by molar-refractivity contribution is -0.116. The lowest BCUT2D eigenvalue weighted by Gasteiger charge is -2.09. The van der Waals surface area contributed by atoms with Crippen LogP contribution in [0.5, 0.6) is 0 Å². The van der Waals surface area contributed by atoms with Crippen LogP contribution in [0.1, 0.15) is 31.2 Å². The van der Waals surface area contributed by atoms with Crippen molar-refractivity contribution in [2.75, 3.05) is 11.9 Å². The summed E-state index contributed by atoms with van der Waals surface area (Å²) < 4.78 is 0. The minimum atomic E-state index is 0. The number of aryl methyl sites for hydroxylation is 1. The summed E-state index contributed by atoms with van der Waals surface area (Å²) in [6.45, 7) is 3.07. The molecule has 1 saturated heterocycles. The van der Waals surface area contributed by atoms with Crippen LogP contribution in [0.25, 0.3) is 0 Å². The van der Waals surface area contributed by atoms with Gasteiger partial charge in [-0.2, -0.15) is 0 Å². The summed E-state index contributed by atoms with van der Waals surface area (Å²) in [7, 11) is 0. The maximum absolute atomic E-state index is 11.7. The Balaban J connectivity index is 0.00000162. The van der Waals surface area contributed by atoms with Crippen molar-refractivity contribution in [1.29, 1.82) is 0 Å². The van der Waals surface area contributed by atoms with Crippen LogP contribution in [0.2, 0.25) is 0 Å². The number of halogens is 2. The summed E-state index contributed by atoms with van der Waals surface area (Å²) in [5, 5.41) is 6.22. The van der Waals surface area contributed by atoms with Crippen molar-refractivity contribution in [2.45, 2.75) is 38.6 Å². The van der Waals surface area contributed by atoms with Crippen LogP contribution in [0.3, 0.4) is 0 Å². The molecule has 1 aromatic heterocycles. The maximum Gasteiger partial charge on any atom is 0.225 e. The first-order chi connectivity index (χ1) is 8.24. The van der Waals surface area contributed by atoms with Gasteiger partial charge < -0.3 is 10.6 Å². The van der Waals surface area contributed by atoms with Crippen molar-refractivity contribution in [1.82, 2.24) is 10.3 Å². The first-order valence-electron chi connectivity index (χ1n) is 6.20. The largest absolute Gasteiger partial charge is 0.314 e. The number of nitrogens with one attached hydrogen (secondary N) is 2. The molecule has 1 aromatic rings. The zero-order valence-corrected chi connectivity index (χ0v) is 12.6. The van der Waals surface area contributed by atoms with Gasteiger partial charge in [-0.15, -0.1) is 24.8 Å². The molecule has 19 heavy (non-hydrogen) atoms. The Labute approximate surface area is 126 Å². The van der Waals surface area contributed by atoms with E-state index in [0.29, 0.717) is 18.3 Å². The van der Waals surface area contributed by atoms with E-state index >= 15 is 0 Å². The number of aromatic nitrogens is 1. The molecule has 0 aliphatic carbocycles. The van der Waals surface area contributed by atoms with Gasteiger partial charge in [0.1, 0.15) is 5.82 Å². The molecule has 0 saturated carbocycles. The Kier molecular flexibility index (Phi) is 8.72. The molecule has 0 radical (unpaired) electrons. The predicted molar refractivity (Wildman–Crippen MR) is 82.4 cm³/mol. The third-order valence-electron chi connectivity index (χ3n) is 3.07. The average molecular weight is 306 g/mol. The van der Waals surface area contributed by atoms with Crippen molar-refractivity contribution < 1.29 is 4.79 Å². The average Bonchev–Trinajstić information content (AvgIpc) is 2.79. The van der Waals surface area contributed by atoms with Gasteiger partial charge >= 0.3 is 0 Å². The number of carbonyl (C=O) groups is 1. The summed E-state index contributed by atoms with van der Waals surface area (Å²) in [6.07, 6.45) is 5.61. The van der Waals surface area contributed by atoms with Gasteiger partial charge in [-0.25, -0.2) is 4.98 Å². The SMILES string of the molecule is Cc1ccnc(NC(=O)CCC2CCCN2)c1.Cl.Cl. The van der Waals surface area contributed by atoms with Gasteiger partial charge in [0.05, 0.1) is 0 Å². The number of nitrogens with zero attached hydrogens (tertiary/aromatic N) is 1. The smallest absolute Gasteiger partial charge is 0.225 e. The summed E-state index contributed by atoms with van der Waals surface area (Å²) in [6, 6.07) is 4.32. The molecule has 2 heterocycles. The molecule has 2 N–H and O–H groups in total. The molecule has 1 atom stereocenters. The number of hydrogen-bond acceptors (Lipinski definition) is 3. The first kappa shape index (κ1) is 18.2. The highest BCUT2D eigenvalue weighted by Gasteiger charge is 2.15. The molecule has 0 aromatic carbocycles. The summed E-state index contributed by atoms with van der Waals surface area (Å²) in [5.74, 6) is 0.700. The minimum absolute atomic E-state index is 0. The Morgan fingerprint density at radius 2 is 2.32 bits per heavy atom. The highest BCUT2D eigenvalue weighted by Crippen LogP contribution is 2.12. The van der Waals surface area contributed by atoms with E-state index in [9.17, 15) is 4.79 Å². The summed E-state index contributed by atoms with van der Waals surface area (Å²) >= 11 is 0. The Hall–Kier alpha value is -0.840. The molecule has 1 unspecified atom stereocenters. The number of amides is 1. The van der Waals surface area contributed by atoms with E-state index in [4.69, 9.17) is 0 Å². The van der Waals surface area contributed by atoms with Crippen LogP contribution in [0, 0.1) is 6.92 Å². The maximum atomic E-state index is 11.7. The monoisotopic (exact) mass is 305 g/mol. The summed E-state index contributed by atoms with van der Waals surface area (Å²) in [5.41, 5.74) is 1.10. The fourth-order valence-corrected chi connectivity index (χ4v) is 2.12. The number of pyridine rings is 1. The second kappa shape index (κ2) is 9.13. The molecular weight excluding hydrogens is 285 g/mol. The van der Waals surface area contributed by atoms with E-state index in [-0.39, 0.29) is 30.7 Å². The number of carbonyl (C=O) groups excluding carboxylic acids is 1. The zero-order chi connectivity index (χ0) is 12.1. The van der Waals surface area contributed by atoms with E-state index in [2.05, 4.69) is 15.6 Å². The van der Waals surface area contributed by atoms with Crippen molar-refractivity contribution in [3.63, 3.8) is 0 Å². The number of hydrogen-bond donors (Lipinski definition) is 2. The molecule has 1 aliphatic heterocycles. The molecule has 1 amide bonds. The molecule has 6 heteroatoms. The van der Waals surface area contributed by atoms with Crippen LogP contribution in [0.4, 0.5) is 5.82 Å². The predicted octanol–water partition coefficient (Wildman–Crippen LogP) is 2.70. The van der Waals surface area contributed by atoms with E-state index in [1.54, 1.807) is 6.20 Å². The molecule has 4 nitrogen and oxygen atoms in total. The number of anilines is 1. The van der Waals surface area contributed by atoms with Crippen LogP contribution in [-0.4, -0.2) is 23.5 Å². The lowest BCUT2D eigenvalue weighted by atomic mass is 10.1. The summed E-state index contributed by atoms with van der Waals surface area (Å²) in [4.78, 5) is 15.8. The first-order valence-corrected chi connectivity index (χ1v) is 6.20. The molecule has 2 rings (SSSR count). The van der Waals surface area contributed by atoms with Crippen molar-refractivity contribution in [2.24, 2.45) is 0 Å². The second-order valence-corrected chi connectivity index (χ2v) is 4.60. The second-order valence-electron chi connectivity index (χ2n) is 4.60. The fourth-order valence-electron chi connectivity index (χ4n) is 2.12. The van der Waals surface area contributed by atoms with Gasteiger partial charge in [0.2, 0.25) is 5.91 Å². The van der Waals surface area contributed by atoms with Crippen molar-refractivity contribution in [3.8, 4) is 0 Å². The Bertz CT molecular complexity index is 395. The van der Waals surface area contributed by atoms with Crippen molar-refractivity contribution in [3.05, 3.63) is 23.9 Å². The van der Waals surface area contributed by atoms with Gasteiger partial charge in [0.25, 0.3) is 0 Å². The molecule has 0 bridgehead atoms. The fraction of sp³-hybridized carbons (Fsp3) is 0.538. The molecule has 0 spiro atoms. The highest BCUT2D eigenvalue weighted by molar-refractivity contribution is 5.89. The van der Waals surface area contributed by atoms with Crippen molar-refractivity contribution >= 4 is 36.5 Å². The van der Waals surface area contributed by atoms with Gasteiger partial charge in [-0.3, -0.25) is 4.79 Å². The van der Waals surface area contributed by atoms with E-state index < -0.39 is 0 Å². The zero-order valence-electron chi connectivity index (χ0n) is 11.0. The quantitative estimate of drug-likeness (QED) is 0.899. The van der Waals surface area contributed by atoms with E-state index in [1.165, 1.54) is 12.8 Å². The molecule has 108 valence electrons. The molecule has 1 aliphatic rings. The lowest BCUT2D eigenvalue weighted by Crippen LogP contribution is -2.23. The molecular formula is C13H21Cl2N3O. The third kappa shape index (κ3) is 6.23. The minimum Gasteiger partial charge on any atom is -0.314 e. The number of rotatable bonds is 4. The topological polar surface area (TPSA) is 54.0 Å². The van der Waals surface area contributed by atoms with Crippen LogP contribution >= 0.6 is 24.8 Å². The Morgan fingerprint density at radius 3 is 2.95 bits per heavy atom. The van der Waals surface area contributed by atoms with Crippen LogP contribution in [0.15, 0.2) is 18.3 Å². The van der Waals surface area contributed by atoms with Crippen LogP contribution < -0.4 is 10.6 Å². The third-order valence-corrected chi connectivity index (χ3v) is 3.07. The van der Waals surface area contributed by atoms with Gasteiger partial charge in [0.15, 0.2) is 0 Å². The van der Waals surface area contributed by atoms with Gasteiger partial charge in [-0.1, -0.05) is 0 Å². The highest BCUT2D eigenvalue weighted by atomic mass is 35.5. The normalized spacial score (nSPS) is 17.2. The van der Waals surface area contributed by atoms with Crippen LogP contribution in [-0.2, 0) is 4.79 Å². The van der Waals surface area contributed by atoms with Gasteiger partial charge in [-0.05, 0) is 50.4 Å². The molecule has 1 fully saturated rings. The van der Waals surface area contributed by atoms with E-state index in [0.717, 1.165) is 18.5 Å². The standard InChI is InChI=1S/C13H19N3O.2ClH/c1-10-6-8-15-12(9-10)16-13(17)5-4-11-3-2-7-14-11;;/h6,8-9,11,14H,2-5,7H2,1H3,(H,15,16,17);2*1H. The van der Waals surface area contributed by atoms with Gasteiger partial charge in [0, 0.05) is 18.7 Å².